The maximum absolute atomic E-state index is 9.46. The molecule has 1 aliphatic carbocycles. The number of hydrogen-bond acceptors (Lipinski definition) is 4. The summed E-state index contributed by atoms with van der Waals surface area (Å²) in [5.74, 6) is 1.07. The molecule has 3 nitrogen and oxygen atoms in total. The molecule has 4 rings (SSSR count). The molecule has 2 aromatic rings. The molecule has 1 aromatic heterocycles. The number of aromatic hydroxyl groups is 1. The lowest BCUT2D eigenvalue weighted by Gasteiger charge is -2.10. The van der Waals surface area contributed by atoms with Gasteiger partial charge >= 0.3 is 0 Å². The van der Waals surface area contributed by atoms with Crippen molar-refractivity contribution in [1.29, 1.82) is 0 Å². The molecule has 1 atom stereocenters. The van der Waals surface area contributed by atoms with E-state index in [2.05, 4.69) is 11.4 Å². The Balaban J connectivity index is 1.46. The highest BCUT2D eigenvalue weighted by atomic mass is 32.1. The van der Waals surface area contributed by atoms with E-state index < -0.39 is 0 Å². The van der Waals surface area contributed by atoms with Crippen LogP contribution in [-0.4, -0.2) is 11.7 Å². The molecule has 0 radical (unpaired) electrons. The highest BCUT2D eigenvalue weighted by Crippen LogP contribution is 2.36. The van der Waals surface area contributed by atoms with Crippen molar-refractivity contribution < 1.29 is 9.84 Å². The molecule has 0 fully saturated rings. The minimum atomic E-state index is 0.225. The summed E-state index contributed by atoms with van der Waals surface area (Å²) in [6.45, 7) is 1.54. The van der Waals surface area contributed by atoms with Crippen molar-refractivity contribution in [1.82, 2.24) is 5.32 Å². The Morgan fingerprint density at radius 3 is 3.15 bits per heavy atom. The second kappa shape index (κ2) is 4.79. The van der Waals surface area contributed by atoms with Crippen molar-refractivity contribution in [3.8, 4) is 11.5 Å². The first kappa shape index (κ1) is 12.2. The number of fused-ring (bicyclic) bond motifs is 2. The summed E-state index contributed by atoms with van der Waals surface area (Å²) in [6, 6.07) is 7.94. The van der Waals surface area contributed by atoms with Gasteiger partial charge in [0.15, 0.2) is 0 Å². The average Bonchev–Trinajstić information content (AvgIpc) is 3.09. The van der Waals surface area contributed by atoms with Gasteiger partial charge in [-0.15, -0.1) is 11.3 Å². The minimum Gasteiger partial charge on any atom is -0.508 e. The predicted octanol–water partition coefficient (Wildman–Crippen LogP) is 3.17. The molecule has 0 saturated heterocycles. The Kier molecular flexibility index (Phi) is 2.93. The van der Waals surface area contributed by atoms with E-state index in [9.17, 15) is 5.11 Å². The van der Waals surface area contributed by atoms with Crippen LogP contribution in [0.5, 0.6) is 11.5 Å². The van der Waals surface area contributed by atoms with Crippen LogP contribution in [0.2, 0.25) is 0 Å². The van der Waals surface area contributed by atoms with Crippen molar-refractivity contribution in [2.75, 3.05) is 6.61 Å². The smallest absolute Gasteiger partial charge is 0.127 e. The van der Waals surface area contributed by atoms with Crippen molar-refractivity contribution in [2.24, 2.45) is 0 Å². The third-order valence-electron chi connectivity index (χ3n) is 4.10. The van der Waals surface area contributed by atoms with E-state index in [0.717, 1.165) is 17.9 Å². The summed E-state index contributed by atoms with van der Waals surface area (Å²) in [5, 5.41) is 13.0. The molecule has 0 amide bonds. The third-order valence-corrected chi connectivity index (χ3v) is 5.34. The average molecular weight is 287 g/mol. The zero-order valence-electron chi connectivity index (χ0n) is 11.2. The van der Waals surface area contributed by atoms with Crippen LogP contribution in [0.3, 0.4) is 0 Å². The van der Waals surface area contributed by atoms with E-state index >= 15 is 0 Å². The van der Waals surface area contributed by atoms with E-state index in [1.165, 1.54) is 24.1 Å². The van der Waals surface area contributed by atoms with Gasteiger partial charge in [-0.05, 0) is 43.0 Å². The second-order valence-electron chi connectivity index (χ2n) is 5.48. The standard InChI is InChI=1S/C16H17NO2S/c18-11-4-5-13-14(9-19-15(13)7-11)17-8-12-6-10-2-1-3-16(10)20-12/h4-7,14,17-18H,1-3,8-9H2. The van der Waals surface area contributed by atoms with Crippen LogP contribution in [0.1, 0.15) is 33.3 Å². The Bertz CT molecular complexity index is 628. The van der Waals surface area contributed by atoms with Crippen LogP contribution in [0.25, 0.3) is 0 Å². The largest absolute Gasteiger partial charge is 0.508 e. The molecular weight excluding hydrogens is 270 g/mol. The zero-order valence-corrected chi connectivity index (χ0v) is 12.0. The van der Waals surface area contributed by atoms with Gasteiger partial charge in [-0.25, -0.2) is 0 Å². The van der Waals surface area contributed by atoms with Crippen LogP contribution in [-0.2, 0) is 19.4 Å². The Morgan fingerprint density at radius 1 is 1.30 bits per heavy atom. The maximum Gasteiger partial charge on any atom is 0.127 e. The molecule has 1 unspecified atom stereocenters. The van der Waals surface area contributed by atoms with Gasteiger partial charge in [-0.3, -0.25) is 0 Å². The predicted molar refractivity (Wildman–Crippen MR) is 79.5 cm³/mol. The van der Waals surface area contributed by atoms with E-state index in [1.54, 1.807) is 22.6 Å². The third kappa shape index (κ3) is 2.09. The topological polar surface area (TPSA) is 41.5 Å². The highest BCUT2D eigenvalue weighted by molar-refractivity contribution is 7.12. The van der Waals surface area contributed by atoms with E-state index in [0.29, 0.717) is 6.61 Å². The van der Waals surface area contributed by atoms with E-state index in [-0.39, 0.29) is 11.8 Å². The van der Waals surface area contributed by atoms with Crippen LogP contribution < -0.4 is 10.1 Å². The summed E-state index contributed by atoms with van der Waals surface area (Å²) in [6.07, 6.45) is 3.83. The molecule has 2 heterocycles. The summed E-state index contributed by atoms with van der Waals surface area (Å²) in [4.78, 5) is 3.00. The molecule has 104 valence electrons. The number of rotatable bonds is 3. The first-order valence-electron chi connectivity index (χ1n) is 7.09. The first-order valence-corrected chi connectivity index (χ1v) is 7.91. The van der Waals surface area contributed by atoms with Gasteiger partial charge in [-0.2, -0.15) is 0 Å². The first-order chi connectivity index (χ1) is 9.79. The molecular formula is C16H17NO2S. The fourth-order valence-corrected chi connectivity index (χ4v) is 4.28. The van der Waals surface area contributed by atoms with Gasteiger partial charge in [0.1, 0.15) is 18.1 Å². The Labute approximate surface area is 122 Å². The Morgan fingerprint density at radius 2 is 2.25 bits per heavy atom. The molecule has 4 heteroatoms. The lowest BCUT2D eigenvalue weighted by Crippen LogP contribution is -2.21. The molecule has 2 aliphatic rings. The lowest BCUT2D eigenvalue weighted by molar-refractivity contribution is 0.310. The van der Waals surface area contributed by atoms with Crippen molar-refractivity contribution in [3.63, 3.8) is 0 Å². The van der Waals surface area contributed by atoms with E-state index in [1.807, 2.05) is 17.4 Å². The number of thiophene rings is 1. The molecule has 0 spiro atoms. The van der Waals surface area contributed by atoms with Crippen LogP contribution in [0.4, 0.5) is 0 Å². The zero-order chi connectivity index (χ0) is 13.5. The van der Waals surface area contributed by atoms with Gasteiger partial charge in [0.25, 0.3) is 0 Å². The minimum absolute atomic E-state index is 0.225. The normalized spacial score (nSPS) is 19.7. The van der Waals surface area contributed by atoms with Gasteiger partial charge in [-0.1, -0.05) is 0 Å². The summed E-state index contributed by atoms with van der Waals surface area (Å²) < 4.78 is 5.62. The van der Waals surface area contributed by atoms with Gasteiger partial charge in [0.05, 0.1) is 6.04 Å². The fraction of sp³-hybridized carbons (Fsp3) is 0.375. The van der Waals surface area contributed by atoms with Crippen molar-refractivity contribution in [3.05, 3.63) is 45.1 Å². The molecule has 1 aliphatic heterocycles. The fourth-order valence-electron chi connectivity index (χ4n) is 3.07. The van der Waals surface area contributed by atoms with Crippen LogP contribution in [0, 0.1) is 0 Å². The molecule has 0 bridgehead atoms. The SMILES string of the molecule is Oc1ccc2c(c1)OCC2NCc1cc2c(s1)CCC2. The summed E-state index contributed by atoms with van der Waals surface area (Å²) in [5.41, 5.74) is 2.70. The molecule has 1 aromatic carbocycles. The van der Waals surface area contributed by atoms with Gasteiger partial charge < -0.3 is 15.2 Å². The van der Waals surface area contributed by atoms with Crippen molar-refractivity contribution >= 4 is 11.3 Å². The number of hydrogen-bond donors (Lipinski definition) is 2. The van der Waals surface area contributed by atoms with E-state index in [4.69, 9.17) is 4.74 Å². The van der Waals surface area contributed by atoms with Crippen LogP contribution >= 0.6 is 11.3 Å². The second-order valence-corrected chi connectivity index (χ2v) is 6.70. The molecule has 2 N–H and O–H groups in total. The van der Waals surface area contributed by atoms with Gasteiger partial charge in [0, 0.05) is 27.9 Å². The van der Waals surface area contributed by atoms with Crippen LogP contribution in [0.15, 0.2) is 24.3 Å². The number of phenols is 1. The quantitative estimate of drug-likeness (QED) is 0.911. The summed E-state index contributed by atoms with van der Waals surface area (Å²) in [7, 11) is 0. The number of phenolic OH excluding ortho intramolecular Hbond substituents is 1. The highest BCUT2D eigenvalue weighted by Gasteiger charge is 2.24. The number of aryl methyl sites for hydroxylation is 2. The van der Waals surface area contributed by atoms with Gasteiger partial charge in [0.2, 0.25) is 0 Å². The summed E-state index contributed by atoms with van der Waals surface area (Å²) >= 11 is 1.95. The lowest BCUT2D eigenvalue weighted by atomic mass is 10.1. The van der Waals surface area contributed by atoms with Crippen molar-refractivity contribution in [2.45, 2.75) is 31.8 Å². The number of benzene rings is 1. The monoisotopic (exact) mass is 287 g/mol. The number of nitrogens with one attached hydrogen (secondary N) is 1. The molecule has 0 saturated carbocycles. The number of ether oxygens (including phenoxy) is 1. The maximum atomic E-state index is 9.46. The Hall–Kier alpha value is -1.52. The molecule has 20 heavy (non-hydrogen) atoms.